The first-order chi connectivity index (χ1) is 10.1. The number of benzene rings is 1. The van der Waals surface area contributed by atoms with E-state index in [4.69, 9.17) is 11.6 Å². The fourth-order valence-electron chi connectivity index (χ4n) is 2.38. The normalized spacial score (nSPS) is 10.9. The van der Waals surface area contributed by atoms with Gasteiger partial charge in [-0.2, -0.15) is 0 Å². The standard InChI is InChI=1S/C17H24ClN3/c1-4-5-6-9-19-16-8-7-15(17(18)10-16)12-21-13(2)11-20-14(21)3/h7-8,10-11,19H,4-6,9,12H2,1-3H3. The topological polar surface area (TPSA) is 29.9 Å². The van der Waals surface area contributed by atoms with E-state index in [1.807, 2.05) is 19.2 Å². The number of aryl methyl sites for hydroxylation is 2. The molecule has 0 bridgehead atoms. The predicted molar refractivity (Wildman–Crippen MR) is 90.3 cm³/mol. The second-order valence-corrected chi connectivity index (χ2v) is 5.88. The van der Waals surface area contributed by atoms with Crippen molar-refractivity contribution in [3.63, 3.8) is 0 Å². The molecule has 0 amide bonds. The van der Waals surface area contributed by atoms with E-state index >= 15 is 0 Å². The smallest absolute Gasteiger partial charge is 0.106 e. The van der Waals surface area contributed by atoms with Crippen LogP contribution in [0.1, 0.15) is 43.3 Å². The van der Waals surface area contributed by atoms with E-state index in [0.29, 0.717) is 0 Å². The summed E-state index contributed by atoms with van der Waals surface area (Å²) in [5.41, 5.74) is 3.38. The van der Waals surface area contributed by atoms with Gasteiger partial charge in [-0.05, 0) is 38.0 Å². The highest BCUT2D eigenvalue weighted by Gasteiger charge is 2.07. The quantitative estimate of drug-likeness (QED) is 0.744. The molecule has 4 heteroatoms. The number of rotatable bonds is 7. The van der Waals surface area contributed by atoms with Crippen LogP contribution >= 0.6 is 11.6 Å². The van der Waals surface area contributed by atoms with Crippen molar-refractivity contribution >= 4 is 17.3 Å². The van der Waals surface area contributed by atoms with Gasteiger partial charge in [0, 0.05) is 29.1 Å². The highest BCUT2D eigenvalue weighted by atomic mass is 35.5. The van der Waals surface area contributed by atoms with Crippen molar-refractivity contribution in [3.8, 4) is 0 Å². The maximum atomic E-state index is 6.42. The van der Waals surface area contributed by atoms with Gasteiger partial charge in [0.25, 0.3) is 0 Å². The molecule has 0 aliphatic heterocycles. The lowest BCUT2D eigenvalue weighted by atomic mass is 10.2. The van der Waals surface area contributed by atoms with Gasteiger partial charge in [0.2, 0.25) is 0 Å². The summed E-state index contributed by atoms with van der Waals surface area (Å²) < 4.78 is 2.18. The summed E-state index contributed by atoms with van der Waals surface area (Å²) in [6.07, 6.45) is 5.60. The fourth-order valence-corrected chi connectivity index (χ4v) is 2.62. The molecule has 1 N–H and O–H groups in total. The number of hydrogen-bond donors (Lipinski definition) is 1. The number of unbranched alkanes of at least 4 members (excludes halogenated alkanes) is 2. The molecule has 0 saturated heterocycles. The maximum absolute atomic E-state index is 6.42. The molecular weight excluding hydrogens is 282 g/mol. The maximum Gasteiger partial charge on any atom is 0.106 e. The first kappa shape index (κ1) is 15.9. The van der Waals surface area contributed by atoms with E-state index in [1.54, 1.807) is 0 Å². The average molecular weight is 306 g/mol. The first-order valence-electron chi connectivity index (χ1n) is 7.63. The molecule has 0 aliphatic carbocycles. The molecule has 0 aliphatic rings. The zero-order valence-corrected chi connectivity index (χ0v) is 13.9. The monoisotopic (exact) mass is 305 g/mol. The third-order valence-electron chi connectivity index (χ3n) is 3.75. The van der Waals surface area contributed by atoms with Crippen molar-refractivity contribution in [2.45, 2.75) is 46.6 Å². The summed E-state index contributed by atoms with van der Waals surface area (Å²) in [6, 6.07) is 6.22. The molecule has 114 valence electrons. The van der Waals surface area contributed by atoms with E-state index in [0.717, 1.165) is 40.9 Å². The number of hydrogen-bond acceptors (Lipinski definition) is 2. The zero-order chi connectivity index (χ0) is 15.2. The highest BCUT2D eigenvalue weighted by Crippen LogP contribution is 2.23. The third-order valence-corrected chi connectivity index (χ3v) is 4.10. The Morgan fingerprint density at radius 3 is 2.67 bits per heavy atom. The minimum atomic E-state index is 0.770. The Labute approximate surface area is 132 Å². The van der Waals surface area contributed by atoms with Gasteiger partial charge in [0.1, 0.15) is 5.82 Å². The van der Waals surface area contributed by atoms with Crippen molar-refractivity contribution in [3.05, 3.63) is 46.5 Å². The molecule has 1 aromatic heterocycles. The average Bonchev–Trinajstić information content (AvgIpc) is 2.78. The molecule has 21 heavy (non-hydrogen) atoms. The van der Waals surface area contributed by atoms with Gasteiger partial charge in [0.15, 0.2) is 0 Å². The van der Waals surface area contributed by atoms with Gasteiger partial charge in [0.05, 0.1) is 6.54 Å². The predicted octanol–water partition coefficient (Wildman–Crippen LogP) is 4.80. The van der Waals surface area contributed by atoms with Crippen molar-refractivity contribution < 1.29 is 0 Å². The van der Waals surface area contributed by atoms with Crippen LogP contribution in [0.2, 0.25) is 5.02 Å². The van der Waals surface area contributed by atoms with Crippen molar-refractivity contribution in [1.29, 1.82) is 0 Å². The highest BCUT2D eigenvalue weighted by molar-refractivity contribution is 6.31. The number of imidazole rings is 1. The summed E-state index contributed by atoms with van der Waals surface area (Å²) in [7, 11) is 0. The van der Waals surface area contributed by atoms with Gasteiger partial charge in [-0.1, -0.05) is 37.4 Å². The molecular formula is C17H24ClN3. The molecule has 3 nitrogen and oxygen atoms in total. The summed E-state index contributed by atoms with van der Waals surface area (Å²) in [6.45, 7) is 8.07. The van der Waals surface area contributed by atoms with Gasteiger partial charge in [-0.15, -0.1) is 0 Å². The molecule has 1 heterocycles. The Balaban J connectivity index is 2.02. The number of anilines is 1. The van der Waals surface area contributed by atoms with Crippen LogP contribution in [0, 0.1) is 13.8 Å². The van der Waals surface area contributed by atoms with E-state index in [9.17, 15) is 0 Å². The van der Waals surface area contributed by atoms with Gasteiger partial charge in [-0.3, -0.25) is 0 Å². The molecule has 0 saturated carbocycles. The van der Waals surface area contributed by atoms with Gasteiger partial charge < -0.3 is 9.88 Å². The lowest BCUT2D eigenvalue weighted by Gasteiger charge is -2.12. The van der Waals surface area contributed by atoms with Crippen LogP contribution in [0.15, 0.2) is 24.4 Å². The molecule has 0 radical (unpaired) electrons. The minimum Gasteiger partial charge on any atom is -0.385 e. The lowest BCUT2D eigenvalue weighted by molar-refractivity contribution is 0.737. The fraction of sp³-hybridized carbons (Fsp3) is 0.471. The summed E-state index contributed by atoms with van der Waals surface area (Å²) in [5.74, 6) is 1.02. The van der Waals surface area contributed by atoms with Crippen LogP contribution in [0.3, 0.4) is 0 Å². The van der Waals surface area contributed by atoms with E-state index < -0.39 is 0 Å². The largest absolute Gasteiger partial charge is 0.385 e. The summed E-state index contributed by atoms with van der Waals surface area (Å²) in [4.78, 5) is 4.33. The summed E-state index contributed by atoms with van der Waals surface area (Å²) >= 11 is 6.42. The Morgan fingerprint density at radius 1 is 1.24 bits per heavy atom. The van der Waals surface area contributed by atoms with E-state index in [1.165, 1.54) is 19.3 Å². The molecule has 0 fully saturated rings. The van der Waals surface area contributed by atoms with Crippen LogP contribution in [0.5, 0.6) is 0 Å². The van der Waals surface area contributed by atoms with E-state index in [-0.39, 0.29) is 0 Å². The molecule has 0 spiro atoms. The third kappa shape index (κ3) is 4.24. The first-order valence-corrected chi connectivity index (χ1v) is 8.00. The number of aromatic nitrogens is 2. The van der Waals surface area contributed by atoms with Crippen LogP contribution in [0.25, 0.3) is 0 Å². The van der Waals surface area contributed by atoms with Crippen LogP contribution < -0.4 is 5.32 Å². The minimum absolute atomic E-state index is 0.770. The molecule has 1 aromatic carbocycles. The molecule has 0 unspecified atom stereocenters. The Kier molecular flexibility index (Phi) is 5.68. The number of nitrogens with one attached hydrogen (secondary N) is 1. The van der Waals surface area contributed by atoms with Crippen LogP contribution in [0.4, 0.5) is 5.69 Å². The van der Waals surface area contributed by atoms with Crippen LogP contribution in [-0.4, -0.2) is 16.1 Å². The van der Waals surface area contributed by atoms with Gasteiger partial charge in [-0.25, -0.2) is 4.98 Å². The second kappa shape index (κ2) is 7.51. The van der Waals surface area contributed by atoms with Gasteiger partial charge >= 0.3 is 0 Å². The van der Waals surface area contributed by atoms with Crippen molar-refractivity contribution in [2.75, 3.05) is 11.9 Å². The van der Waals surface area contributed by atoms with Crippen molar-refractivity contribution in [1.82, 2.24) is 9.55 Å². The van der Waals surface area contributed by atoms with E-state index in [2.05, 4.69) is 40.8 Å². The second-order valence-electron chi connectivity index (χ2n) is 5.47. The molecule has 2 rings (SSSR count). The SMILES string of the molecule is CCCCCNc1ccc(Cn2c(C)cnc2C)c(Cl)c1. The lowest BCUT2D eigenvalue weighted by Crippen LogP contribution is -2.05. The zero-order valence-electron chi connectivity index (χ0n) is 13.1. The summed E-state index contributed by atoms with van der Waals surface area (Å²) in [5, 5.41) is 4.23. The molecule has 2 aromatic rings. The Bertz CT molecular complexity index is 570. The number of halogens is 1. The number of nitrogens with zero attached hydrogens (tertiary/aromatic N) is 2. The Morgan fingerprint density at radius 2 is 2.05 bits per heavy atom. The Hall–Kier alpha value is -1.48. The molecule has 0 atom stereocenters. The van der Waals surface area contributed by atoms with Crippen molar-refractivity contribution in [2.24, 2.45) is 0 Å². The van der Waals surface area contributed by atoms with Crippen LogP contribution in [-0.2, 0) is 6.54 Å².